The van der Waals surface area contributed by atoms with Gasteiger partial charge in [0.05, 0.1) is 49.2 Å². The van der Waals surface area contributed by atoms with Gasteiger partial charge in [-0.25, -0.2) is 19.9 Å². The summed E-state index contributed by atoms with van der Waals surface area (Å²) in [4.78, 5) is 39.2. The number of carbonyl (C=O) groups is 1. The van der Waals surface area contributed by atoms with Crippen LogP contribution in [-0.4, -0.2) is 76.3 Å². The van der Waals surface area contributed by atoms with Crippen LogP contribution < -0.4 is 9.80 Å². The summed E-state index contributed by atoms with van der Waals surface area (Å²) < 4.78 is 11.0. The lowest BCUT2D eigenvalue weighted by molar-refractivity contribution is 0.102. The Bertz CT molecular complexity index is 2640. The molecule has 4 heterocycles. The van der Waals surface area contributed by atoms with E-state index in [4.69, 9.17) is 29.4 Å². The van der Waals surface area contributed by atoms with Crippen molar-refractivity contribution in [1.29, 1.82) is 0 Å². The van der Waals surface area contributed by atoms with Gasteiger partial charge in [-0.15, -0.1) is 0 Å². The number of ketones is 1. The minimum atomic E-state index is -0.609. The number of hydrogen-bond donors (Lipinski definition) is 2. The van der Waals surface area contributed by atoms with Crippen LogP contribution in [0.1, 0.15) is 138 Å². The molecule has 4 unspecified atom stereocenters. The van der Waals surface area contributed by atoms with E-state index in [1.54, 1.807) is 26.6 Å². The SMILES string of the molecule is COCc1cnc(C(=O)c2ncc(COC)nc2N2CCC3(CC(O)c4cc(-c5ccccc5C(C)C)ccc43)C2)c(N2CCC3(CC(O)c4cc(-c5ccccc5C(C)C)ccc43)C2)n1. The Morgan fingerprint density at radius 2 is 1.08 bits per heavy atom. The fourth-order valence-electron chi connectivity index (χ4n) is 11.7. The van der Waals surface area contributed by atoms with Gasteiger partial charge >= 0.3 is 0 Å². The van der Waals surface area contributed by atoms with Crippen molar-refractivity contribution in [1.82, 2.24) is 19.9 Å². The van der Waals surface area contributed by atoms with Crippen LogP contribution in [0.15, 0.2) is 97.3 Å². The molecule has 2 aliphatic heterocycles. The van der Waals surface area contributed by atoms with Crippen molar-refractivity contribution in [3.8, 4) is 22.3 Å². The highest BCUT2D eigenvalue weighted by molar-refractivity contribution is 6.12. The second kappa shape index (κ2) is 17.4. The zero-order valence-corrected chi connectivity index (χ0v) is 38.9. The molecule has 2 aliphatic carbocycles. The van der Waals surface area contributed by atoms with E-state index in [9.17, 15) is 10.2 Å². The monoisotopic (exact) mass is 884 g/mol. The summed E-state index contributed by atoms with van der Waals surface area (Å²) in [7, 11) is 3.24. The quantitative estimate of drug-likeness (QED) is 0.114. The molecule has 4 atom stereocenters. The molecule has 11 nitrogen and oxygen atoms in total. The summed E-state index contributed by atoms with van der Waals surface area (Å²) in [6, 6.07) is 30.2. The maximum atomic E-state index is 15.2. The Hall–Kier alpha value is -5.85. The van der Waals surface area contributed by atoms with Gasteiger partial charge in [-0.1, -0.05) is 100 Å². The van der Waals surface area contributed by atoms with Gasteiger partial charge in [0.15, 0.2) is 23.0 Å². The Morgan fingerprint density at radius 3 is 1.48 bits per heavy atom. The molecule has 0 bridgehead atoms. The first-order chi connectivity index (χ1) is 31.9. The molecule has 6 aromatic rings. The van der Waals surface area contributed by atoms with Crippen molar-refractivity contribution in [2.45, 2.75) is 101 Å². The van der Waals surface area contributed by atoms with E-state index in [1.807, 2.05) is 0 Å². The van der Waals surface area contributed by atoms with Gasteiger partial charge in [-0.2, -0.15) is 0 Å². The summed E-state index contributed by atoms with van der Waals surface area (Å²) >= 11 is 0. The second-order valence-corrected chi connectivity index (χ2v) is 19.7. The molecule has 340 valence electrons. The van der Waals surface area contributed by atoms with Crippen molar-refractivity contribution in [2.24, 2.45) is 0 Å². The van der Waals surface area contributed by atoms with Crippen LogP contribution in [0.25, 0.3) is 22.3 Å². The largest absolute Gasteiger partial charge is 0.388 e. The van der Waals surface area contributed by atoms with E-state index in [0.717, 1.165) is 46.2 Å². The lowest BCUT2D eigenvalue weighted by atomic mass is 9.80. The number of aromatic nitrogens is 4. The Balaban J connectivity index is 0.969. The Morgan fingerprint density at radius 1 is 0.652 bits per heavy atom. The van der Waals surface area contributed by atoms with E-state index in [1.165, 1.54) is 22.3 Å². The van der Waals surface area contributed by atoms with Crippen molar-refractivity contribution < 1.29 is 24.5 Å². The maximum absolute atomic E-state index is 15.2. The Labute approximate surface area is 387 Å². The lowest BCUT2D eigenvalue weighted by Gasteiger charge is -2.28. The topological polar surface area (TPSA) is 134 Å². The van der Waals surface area contributed by atoms with Gasteiger partial charge in [0.2, 0.25) is 5.78 Å². The molecule has 0 amide bonds. The molecule has 2 aromatic heterocycles. The van der Waals surface area contributed by atoms with Gasteiger partial charge < -0.3 is 29.5 Å². The van der Waals surface area contributed by atoms with Crippen LogP contribution in [0.3, 0.4) is 0 Å². The van der Waals surface area contributed by atoms with Crippen LogP contribution in [0.5, 0.6) is 0 Å². The molecule has 66 heavy (non-hydrogen) atoms. The Kier molecular flexibility index (Phi) is 11.6. The first-order valence-corrected chi connectivity index (χ1v) is 23.5. The van der Waals surface area contributed by atoms with Gasteiger partial charge in [0.1, 0.15) is 0 Å². The number of hydrogen-bond acceptors (Lipinski definition) is 11. The molecule has 4 aliphatic rings. The van der Waals surface area contributed by atoms with Gasteiger partial charge in [-0.05, 0) is 105 Å². The third kappa shape index (κ3) is 7.59. The van der Waals surface area contributed by atoms with Gasteiger partial charge in [-0.3, -0.25) is 4.79 Å². The zero-order valence-electron chi connectivity index (χ0n) is 38.9. The molecule has 2 spiro atoms. The molecular formula is C55H60N6O5. The number of ether oxygens (including phenoxy) is 2. The molecule has 2 saturated heterocycles. The van der Waals surface area contributed by atoms with Crippen LogP contribution >= 0.6 is 0 Å². The molecule has 0 radical (unpaired) electrons. The fraction of sp³-hybridized carbons (Fsp3) is 0.400. The van der Waals surface area contributed by atoms with E-state index in [-0.39, 0.29) is 41.2 Å². The highest BCUT2D eigenvalue weighted by Gasteiger charge is 2.50. The number of aliphatic hydroxyl groups is 2. The molecule has 2 fully saturated rings. The lowest BCUT2D eigenvalue weighted by Crippen LogP contribution is -2.32. The van der Waals surface area contributed by atoms with E-state index >= 15 is 4.79 Å². The minimum Gasteiger partial charge on any atom is -0.388 e. The van der Waals surface area contributed by atoms with Crippen LogP contribution in [0, 0.1) is 0 Å². The number of anilines is 2. The molecule has 0 saturated carbocycles. The van der Waals surface area contributed by atoms with Crippen molar-refractivity contribution in [2.75, 3.05) is 50.2 Å². The third-order valence-electron chi connectivity index (χ3n) is 14.8. The van der Waals surface area contributed by atoms with Gasteiger partial charge in [0.25, 0.3) is 0 Å². The minimum absolute atomic E-state index is 0.200. The number of benzene rings is 4. The molecule has 10 rings (SSSR count). The molecule has 2 N–H and O–H groups in total. The highest BCUT2D eigenvalue weighted by Crippen LogP contribution is 2.54. The van der Waals surface area contributed by atoms with Gasteiger partial charge in [0, 0.05) is 51.2 Å². The first-order valence-electron chi connectivity index (χ1n) is 23.5. The smallest absolute Gasteiger partial charge is 0.237 e. The predicted molar refractivity (Wildman–Crippen MR) is 257 cm³/mol. The second-order valence-electron chi connectivity index (χ2n) is 19.7. The summed E-state index contributed by atoms with van der Waals surface area (Å²) in [6.45, 7) is 11.7. The number of fused-ring (bicyclic) bond motifs is 4. The number of carbonyl (C=O) groups excluding carboxylic acids is 1. The van der Waals surface area contributed by atoms with Crippen LogP contribution in [0.4, 0.5) is 11.6 Å². The number of aliphatic hydroxyl groups excluding tert-OH is 2. The third-order valence-corrected chi connectivity index (χ3v) is 14.8. The van der Waals surface area contributed by atoms with E-state index < -0.39 is 12.2 Å². The number of methoxy groups -OCH3 is 2. The number of nitrogens with zero attached hydrogens (tertiary/aromatic N) is 6. The average Bonchev–Trinajstić information content (AvgIpc) is 4.09. The fourth-order valence-corrected chi connectivity index (χ4v) is 11.7. The first kappa shape index (κ1) is 44.0. The van der Waals surface area contributed by atoms with Crippen molar-refractivity contribution in [3.05, 3.63) is 153 Å². The standard InChI is InChI=1S/C55H60N6O5/c1-33(2)39-11-7-9-13-41(39)35-15-17-45-43(23-35)47(62)25-54(45)19-21-60(31-54)52-49(56-27-37(58-52)29-65-5)51(64)50-53(59-38(28-57-50)30-66-6)61-22-20-55(32-61)26-48(63)44-24-36(16-18-46(44)55)42-14-10-8-12-40(42)34(3)4/h7-18,23-24,27-28,33-34,47-48,62-63H,19-22,25-26,29-32H2,1-6H3. The molecular weight excluding hydrogens is 825 g/mol. The molecule has 11 heteroatoms. The van der Waals surface area contributed by atoms with E-state index in [2.05, 4.69) is 122 Å². The summed E-state index contributed by atoms with van der Waals surface area (Å²) in [5, 5.41) is 23.4. The van der Waals surface area contributed by atoms with Crippen molar-refractivity contribution >= 4 is 17.4 Å². The molecule has 4 aromatic carbocycles. The number of rotatable bonds is 12. The average molecular weight is 885 g/mol. The summed E-state index contributed by atoms with van der Waals surface area (Å²) in [5.74, 6) is 1.32. The van der Waals surface area contributed by atoms with Crippen LogP contribution in [0.2, 0.25) is 0 Å². The van der Waals surface area contributed by atoms with Crippen LogP contribution in [-0.2, 0) is 33.5 Å². The highest BCUT2D eigenvalue weighted by atomic mass is 16.5. The zero-order chi connectivity index (χ0) is 45.9. The predicted octanol–water partition coefficient (Wildman–Crippen LogP) is 9.54. The summed E-state index contributed by atoms with van der Waals surface area (Å²) in [5.41, 5.74) is 12.4. The van der Waals surface area contributed by atoms with Crippen molar-refractivity contribution in [3.63, 3.8) is 0 Å². The van der Waals surface area contributed by atoms with E-state index in [0.29, 0.717) is 73.9 Å². The maximum Gasteiger partial charge on any atom is 0.237 e. The normalized spacial score (nSPS) is 22.1. The summed E-state index contributed by atoms with van der Waals surface area (Å²) in [6.07, 6.45) is 4.74.